The molecule has 1 heterocycles. The summed E-state index contributed by atoms with van der Waals surface area (Å²) in [5.74, 6) is -0.715. The fourth-order valence-electron chi connectivity index (χ4n) is 2.75. The predicted octanol–water partition coefficient (Wildman–Crippen LogP) is 2.81. The van der Waals surface area contributed by atoms with E-state index in [1.807, 2.05) is 26.8 Å². The molecule has 2 aromatic rings. The molecule has 3 amide bonds. The molecule has 0 saturated carbocycles. The monoisotopic (exact) mass is 351 g/mol. The molecule has 0 saturated heterocycles. The number of para-hydroxylation sites is 2. The molecule has 0 spiro atoms. The summed E-state index contributed by atoms with van der Waals surface area (Å²) in [5.41, 5.74) is 1.83. The maximum atomic E-state index is 12.9. The van der Waals surface area contributed by atoms with Gasteiger partial charge in [-0.3, -0.25) is 19.3 Å². The van der Waals surface area contributed by atoms with Crippen LogP contribution in [0.5, 0.6) is 0 Å². The summed E-state index contributed by atoms with van der Waals surface area (Å²) in [5, 5.41) is 5.64. The topological polar surface area (TPSA) is 78.5 Å². The third kappa shape index (κ3) is 3.74. The Labute approximate surface area is 152 Å². The Morgan fingerprint density at radius 3 is 2.27 bits per heavy atom. The largest absolute Gasteiger partial charge is 0.347 e. The van der Waals surface area contributed by atoms with Gasteiger partial charge in [-0.25, -0.2) is 0 Å². The van der Waals surface area contributed by atoms with Crippen LogP contribution in [0.4, 0.5) is 11.4 Å². The molecular formula is C20H21N3O3. The summed E-state index contributed by atoms with van der Waals surface area (Å²) in [7, 11) is 0. The number of anilines is 2. The van der Waals surface area contributed by atoms with Gasteiger partial charge in [0.1, 0.15) is 6.54 Å². The molecular weight excluding hydrogens is 330 g/mol. The SMILES string of the molecule is CC(C)(C)NC(=O)c1ccc(C(=O)N2CC(=O)Nc3ccccc32)cc1. The van der Waals surface area contributed by atoms with Gasteiger partial charge in [-0.05, 0) is 57.2 Å². The van der Waals surface area contributed by atoms with Crippen LogP contribution in [-0.2, 0) is 4.79 Å². The smallest absolute Gasteiger partial charge is 0.258 e. The van der Waals surface area contributed by atoms with E-state index < -0.39 is 0 Å². The van der Waals surface area contributed by atoms with Crippen LogP contribution in [0.25, 0.3) is 0 Å². The quantitative estimate of drug-likeness (QED) is 0.873. The Morgan fingerprint density at radius 2 is 1.62 bits per heavy atom. The van der Waals surface area contributed by atoms with Gasteiger partial charge >= 0.3 is 0 Å². The fraction of sp³-hybridized carbons (Fsp3) is 0.250. The highest BCUT2D eigenvalue weighted by Gasteiger charge is 2.27. The second-order valence-corrected chi connectivity index (χ2v) is 7.24. The highest BCUT2D eigenvalue weighted by atomic mass is 16.2. The molecule has 2 N–H and O–H groups in total. The molecule has 0 aliphatic carbocycles. The van der Waals surface area contributed by atoms with E-state index in [0.29, 0.717) is 22.5 Å². The molecule has 1 aliphatic rings. The van der Waals surface area contributed by atoms with Crippen molar-refractivity contribution in [2.75, 3.05) is 16.8 Å². The molecule has 0 unspecified atom stereocenters. The minimum absolute atomic E-state index is 0.0396. The Hall–Kier alpha value is -3.15. The van der Waals surface area contributed by atoms with E-state index in [-0.39, 0.29) is 29.8 Å². The third-order valence-electron chi connectivity index (χ3n) is 3.90. The second-order valence-electron chi connectivity index (χ2n) is 7.24. The normalized spacial score (nSPS) is 13.7. The summed E-state index contributed by atoms with van der Waals surface area (Å²) in [6.45, 7) is 5.67. The van der Waals surface area contributed by atoms with Crippen LogP contribution in [-0.4, -0.2) is 29.8 Å². The molecule has 0 aromatic heterocycles. The number of amides is 3. The number of hydrogen-bond donors (Lipinski definition) is 2. The van der Waals surface area contributed by atoms with Gasteiger partial charge < -0.3 is 10.6 Å². The van der Waals surface area contributed by atoms with Crippen molar-refractivity contribution in [3.63, 3.8) is 0 Å². The lowest BCUT2D eigenvalue weighted by Crippen LogP contribution is -2.42. The van der Waals surface area contributed by atoms with Crippen molar-refractivity contribution in [1.29, 1.82) is 0 Å². The first-order valence-electron chi connectivity index (χ1n) is 8.38. The highest BCUT2D eigenvalue weighted by Crippen LogP contribution is 2.30. The first-order chi connectivity index (χ1) is 12.2. The summed E-state index contributed by atoms with van der Waals surface area (Å²) in [6, 6.07) is 13.6. The Bertz CT molecular complexity index is 867. The van der Waals surface area contributed by atoms with Crippen LogP contribution in [0.3, 0.4) is 0 Å². The average molecular weight is 351 g/mol. The Kier molecular flexibility index (Phi) is 4.50. The second kappa shape index (κ2) is 6.63. The van der Waals surface area contributed by atoms with Gasteiger partial charge in [-0.1, -0.05) is 12.1 Å². The Morgan fingerprint density at radius 1 is 1.00 bits per heavy atom. The van der Waals surface area contributed by atoms with Crippen LogP contribution >= 0.6 is 0 Å². The van der Waals surface area contributed by atoms with E-state index in [4.69, 9.17) is 0 Å². The number of nitrogens with one attached hydrogen (secondary N) is 2. The first kappa shape index (κ1) is 17.7. The Balaban J connectivity index is 1.83. The van der Waals surface area contributed by atoms with Gasteiger partial charge in [0.15, 0.2) is 0 Å². The number of fused-ring (bicyclic) bond motifs is 1. The number of carbonyl (C=O) groups is 3. The van der Waals surface area contributed by atoms with Gasteiger partial charge in [0, 0.05) is 16.7 Å². The summed E-state index contributed by atoms with van der Waals surface area (Å²) < 4.78 is 0. The average Bonchev–Trinajstić information content (AvgIpc) is 2.59. The molecule has 2 aromatic carbocycles. The molecule has 134 valence electrons. The lowest BCUT2D eigenvalue weighted by molar-refractivity contribution is -0.115. The number of nitrogens with zero attached hydrogens (tertiary/aromatic N) is 1. The van der Waals surface area contributed by atoms with Crippen molar-refractivity contribution in [2.45, 2.75) is 26.3 Å². The minimum atomic E-state index is -0.337. The van der Waals surface area contributed by atoms with Crippen molar-refractivity contribution in [2.24, 2.45) is 0 Å². The zero-order valence-corrected chi connectivity index (χ0v) is 15.0. The van der Waals surface area contributed by atoms with Gasteiger partial charge in [-0.15, -0.1) is 0 Å². The predicted molar refractivity (Wildman–Crippen MR) is 100 cm³/mol. The highest BCUT2D eigenvalue weighted by molar-refractivity contribution is 6.15. The number of benzene rings is 2. The summed E-state index contributed by atoms with van der Waals surface area (Å²) in [4.78, 5) is 38.4. The summed E-state index contributed by atoms with van der Waals surface area (Å²) >= 11 is 0. The van der Waals surface area contributed by atoms with E-state index >= 15 is 0 Å². The summed E-state index contributed by atoms with van der Waals surface area (Å²) in [6.07, 6.45) is 0. The molecule has 6 heteroatoms. The molecule has 6 nitrogen and oxygen atoms in total. The zero-order valence-electron chi connectivity index (χ0n) is 15.0. The van der Waals surface area contributed by atoms with Gasteiger partial charge in [0.2, 0.25) is 5.91 Å². The van der Waals surface area contributed by atoms with Crippen LogP contribution in [0.15, 0.2) is 48.5 Å². The standard InChI is InChI=1S/C20H21N3O3/c1-20(2,3)22-18(25)13-8-10-14(11-9-13)19(26)23-12-17(24)21-15-6-4-5-7-16(15)23/h4-11H,12H2,1-3H3,(H,21,24)(H,22,25). The molecule has 0 radical (unpaired) electrons. The fourth-order valence-corrected chi connectivity index (χ4v) is 2.75. The van der Waals surface area contributed by atoms with Crippen molar-refractivity contribution in [3.8, 4) is 0 Å². The first-order valence-corrected chi connectivity index (χ1v) is 8.38. The van der Waals surface area contributed by atoms with Crippen molar-refractivity contribution in [3.05, 3.63) is 59.7 Å². The lowest BCUT2D eigenvalue weighted by Gasteiger charge is -2.29. The lowest BCUT2D eigenvalue weighted by atomic mass is 10.1. The third-order valence-corrected chi connectivity index (χ3v) is 3.90. The molecule has 3 rings (SSSR count). The van der Waals surface area contributed by atoms with E-state index in [9.17, 15) is 14.4 Å². The molecule has 0 atom stereocenters. The molecule has 26 heavy (non-hydrogen) atoms. The zero-order chi connectivity index (χ0) is 18.9. The number of rotatable bonds is 2. The van der Waals surface area contributed by atoms with E-state index in [2.05, 4.69) is 10.6 Å². The van der Waals surface area contributed by atoms with Gasteiger partial charge in [0.05, 0.1) is 11.4 Å². The number of hydrogen-bond acceptors (Lipinski definition) is 3. The molecule has 1 aliphatic heterocycles. The van der Waals surface area contributed by atoms with Crippen molar-refractivity contribution < 1.29 is 14.4 Å². The van der Waals surface area contributed by atoms with Crippen LogP contribution in [0, 0.1) is 0 Å². The van der Waals surface area contributed by atoms with E-state index in [0.717, 1.165) is 0 Å². The van der Waals surface area contributed by atoms with Gasteiger partial charge in [-0.2, -0.15) is 0 Å². The van der Waals surface area contributed by atoms with Crippen LogP contribution in [0.1, 0.15) is 41.5 Å². The van der Waals surface area contributed by atoms with E-state index in [1.165, 1.54) is 4.90 Å². The molecule has 0 fully saturated rings. The maximum absolute atomic E-state index is 12.9. The van der Waals surface area contributed by atoms with E-state index in [1.54, 1.807) is 42.5 Å². The van der Waals surface area contributed by atoms with Crippen LogP contribution in [0.2, 0.25) is 0 Å². The number of carbonyl (C=O) groups excluding carboxylic acids is 3. The molecule has 0 bridgehead atoms. The van der Waals surface area contributed by atoms with Crippen LogP contribution < -0.4 is 15.5 Å². The van der Waals surface area contributed by atoms with Crippen molar-refractivity contribution >= 4 is 29.1 Å². The minimum Gasteiger partial charge on any atom is -0.347 e. The van der Waals surface area contributed by atoms with Gasteiger partial charge in [0.25, 0.3) is 11.8 Å². The van der Waals surface area contributed by atoms with Crippen molar-refractivity contribution in [1.82, 2.24) is 5.32 Å². The maximum Gasteiger partial charge on any atom is 0.258 e.